The van der Waals surface area contributed by atoms with Gasteiger partial charge in [0.15, 0.2) is 0 Å². The molecule has 5 heteroatoms. The van der Waals surface area contributed by atoms with E-state index < -0.39 is 0 Å². The van der Waals surface area contributed by atoms with E-state index in [0.29, 0.717) is 23.4 Å². The van der Waals surface area contributed by atoms with Gasteiger partial charge in [-0.25, -0.2) is 0 Å². The van der Waals surface area contributed by atoms with Crippen LogP contribution < -0.4 is 5.32 Å². The largest absolute Gasteiger partial charge is 0.361 e. The van der Waals surface area contributed by atoms with Crippen molar-refractivity contribution in [3.63, 3.8) is 0 Å². The van der Waals surface area contributed by atoms with E-state index in [0.717, 1.165) is 44.5 Å². The number of hydrogen-bond acceptors (Lipinski definition) is 4. The molecule has 2 saturated heterocycles. The third kappa shape index (κ3) is 2.06. The fraction of sp³-hybridized carbons (Fsp3) is 0.714. The first-order valence-corrected chi connectivity index (χ1v) is 7.21. The van der Waals surface area contributed by atoms with Crippen molar-refractivity contribution in [3.8, 4) is 0 Å². The van der Waals surface area contributed by atoms with Crippen molar-refractivity contribution in [2.75, 3.05) is 13.1 Å². The maximum atomic E-state index is 12.9. The van der Waals surface area contributed by atoms with Crippen molar-refractivity contribution in [1.29, 1.82) is 0 Å². The number of rotatable bonds is 2. The monoisotopic (exact) mass is 263 g/mol. The highest BCUT2D eigenvalue weighted by atomic mass is 16.5. The Morgan fingerprint density at radius 2 is 2.21 bits per heavy atom. The van der Waals surface area contributed by atoms with Crippen molar-refractivity contribution in [3.05, 3.63) is 17.0 Å². The standard InChI is InChI=1S/C14H21N3O2/c1-3-12-13(9(2)19-16-12)14(18)17-10-4-5-11(17)8-15-7-6-10/h10-11,15H,3-8H2,1-2H3/t10-,11+/m0/s1. The zero-order chi connectivity index (χ0) is 13.4. The molecule has 104 valence electrons. The highest BCUT2D eigenvalue weighted by molar-refractivity contribution is 5.96. The van der Waals surface area contributed by atoms with Gasteiger partial charge in [-0.15, -0.1) is 0 Å². The first-order chi connectivity index (χ1) is 9.22. The Kier molecular flexibility index (Phi) is 3.31. The van der Waals surface area contributed by atoms with Gasteiger partial charge in [-0.1, -0.05) is 12.1 Å². The molecule has 0 saturated carbocycles. The number of amides is 1. The number of aromatic nitrogens is 1. The summed E-state index contributed by atoms with van der Waals surface area (Å²) in [5, 5.41) is 7.42. The van der Waals surface area contributed by atoms with Crippen molar-refractivity contribution in [1.82, 2.24) is 15.4 Å². The fourth-order valence-corrected chi connectivity index (χ4v) is 3.38. The molecule has 1 aromatic heterocycles. The molecule has 0 unspecified atom stereocenters. The van der Waals surface area contributed by atoms with Gasteiger partial charge in [-0.3, -0.25) is 4.79 Å². The minimum atomic E-state index is 0.117. The molecule has 0 aliphatic carbocycles. The highest BCUT2D eigenvalue weighted by Gasteiger charge is 2.40. The lowest BCUT2D eigenvalue weighted by molar-refractivity contribution is 0.0677. The normalized spacial score (nSPS) is 26.5. The summed E-state index contributed by atoms with van der Waals surface area (Å²) in [6.45, 7) is 5.76. The third-order valence-corrected chi connectivity index (χ3v) is 4.37. The molecule has 3 heterocycles. The van der Waals surface area contributed by atoms with Crippen LogP contribution in [0.1, 0.15) is 48.0 Å². The summed E-state index contributed by atoms with van der Waals surface area (Å²) in [6, 6.07) is 0.713. The first kappa shape index (κ1) is 12.7. The Morgan fingerprint density at radius 3 is 3.00 bits per heavy atom. The predicted molar refractivity (Wildman–Crippen MR) is 71.1 cm³/mol. The van der Waals surface area contributed by atoms with E-state index >= 15 is 0 Å². The molecule has 2 aliphatic heterocycles. The van der Waals surface area contributed by atoms with Crippen molar-refractivity contribution < 1.29 is 9.32 Å². The maximum absolute atomic E-state index is 12.9. The van der Waals surface area contributed by atoms with Crippen LogP contribution in [0.2, 0.25) is 0 Å². The topological polar surface area (TPSA) is 58.4 Å². The van der Waals surface area contributed by atoms with Gasteiger partial charge in [-0.05, 0) is 39.2 Å². The summed E-state index contributed by atoms with van der Waals surface area (Å²) in [6.07, 6.45) is 4.02. The molecule has 0 radical (unpaired) electrons. The van der Waals surface area contributed by atoms with E-state index in [-0.39, 0.29) is 5.91 Å². The lowest BCUT2D eigenvalue weighted by atomic mass is 10.1. The molecule has 3 rings (SSSR count). The number of nitrogens with one attached hydrogen (secondary N) is 1. The Labute approximate surface area is 113 Å². The molecule has 5 nitrogen and oxygen atoms in total. The first-order valence-electron chi connectivity index (χ1n) is 7.21. The van der Waals surface area contributed by atoms with Crippen molar-refractivity contribution in [2.45, 2.75) is 51.6 Å². The summed E-state index contributed by atoms with van der Waals surface area (Å²) in [4.78, 5) is 15.0. The Morgan fingerprint density at radius 1 is 1.42 bits per heavy atom. The van der Waals surface area contributed by atoms with Crippen molar-refractivity contribution >= 4 is 5.91 Å². The van der Waals surface area contributed by atoms with Gasteiger partial charge >= 0.3 is 0 Å². The molecule has 2 aliphatic rings. The van der Waals surface area contributed by atoms with Gasteiger partial charge in [0.05, 0.1) is 5.69 Å². The van der Waals surface area contributed by atoms with Gasteiger partial charge in [-0.2, -0.15) is 0 Å². The lowest BCUT2D eigenvalue weighted by Gasteiger charge is -2.27. The van der Waals surface area contributed by atoms with Crippen LogP contribution in [-0.2, 0) is 6.42 Å². The molecule has 1 aromatic rings. The molecule has 1 N–H and O–H groups in total. The third-order valence-electron chi connectivity index (χ3n) is 4.37. The van der Waals surface area contributed by atoms with Crippen LogP contribution in [-0.4, -0.2) is 41.1 Å². The van der Waals surface area contributed by atoms with Gasteiger partial charge in [0.25, 0.3) is 5.91 Å². The Balaban J connectivity index is 1.93. The number of hydrogen-bond donors (Lipinski definition) is 1. The Bertz CT molecular complexity index is 469. The van der Waals surface area contributed by atoms with Crippen LogP contribution in [0, 0.1) is 6.92 Å². The lowest BCUT2D eigenvalue weighted by Crippen LogP contribution is -2.42. The summed E-state index contributed by atoms with van der Waals surface area (Å²) in [7, 11) is 0. The number of fused-ring (bicyclic) bond motifs is 2. The second-order valence-electron chi connectivity index (χ2n) is 5.50. The molecule has 2 fully saturated rings. The quantitative estimate of drug-likeness (QED) is 0.878. The van der Waals surface area contributed by atoms with Crippen LogP contribution in [0.25, 0.3) is 0 Å². The second kappa shape index (κ2) is 4.96. The SMILES string of the molecule is CCc1noc(C)c1C(=O)N1[C@@H]2CCNC[C@H]1CC2. The second-order valence-corrected chi connectivity index (χ2v) is 5.50. The molecular weight excluding hydrogens is 242 g/mol. The number of aryl methyl sites for hydroxylation is 2. The highest BCUT2D eigenvalue weighted by Crippen LogP contribution is 2.31. The smallest absolute Gasteiger partial charge is 0.259 e. The summed E-state index contributed by atoms with van der Waals surface area (Å²) >= 11 is 0. The van der Waals surface area contributed by atoms with Crippen LogP contribution in [0.15, 0.2) is 4.52 Å². The van der Waals surface area contributed by atoms with E-state index in [1.807, 2.05) is 13.8 Å². The molecule has 0 spiro atoms. The van der Waals surface area contributed by atoms with E-state index in [2.05, 4.69) is 15.4 Å². The number of carbonyl (C=O) groups excluding carboxylic acids is 1. The van der Waals surface area contributed by atoms with E-state index in [1.165, 1.54) is 0 Å². The maximum Gasteiger partial charge on any atom is 0.259 e. The predicted octanol–water partition coefficient (Wildman–Crippen LogP) is 1.51. The molecule has 2 atom stereocenters. The van der Waals surface area contributed by atoms with Crippen molar-refractivity contribution in [2.24, 2.45) is 0 Å². The van der Waals surface area contributed by atoms with Gasteiger partial charge < -0.3 is 14.7 Å². The molecule has 19 heavy (non-hydrogen) atoms. The zero-order valence-corrected chi connectivity index (χ0v) is 11.6. The Hall–Kier alpha value is -1.36. The van der Waals surface area contributed by atoms with Crippen LogP contribution in [0.4, 0.5) is 0 Å². The number of carbonyl (C=O) groups is 1. The van der Waals surface area contributed by atoms with Crippen LogP contribution in [0.5, 0.6) is 0 Å². The zero-order valence-electron chi connectivity index (χ0n) is 11.6. The van der Waals surface area contributed by atoms with Crippen LogP contribution >= 0.6 is 0 Å². The van der Waals surface area contributed by atoms with Crippen LogP contribution in [0.3, 0.4) is 0 Å². The molecule has 2 bridgehead atoms. The number of nitrogens with zero attached hydrogens (tertiary/aromatic N) is 2. The van der Waals surface area contributed by atoms with E-state index in [1.54, 1.807) is 0 Å². The average Bonchev–Trinajstić information content (AvgIpc) is 2.88. The fourth-order valence-electron chi connectivity index (χ4n) is 3.38. The minimum Gasteiger partial charge on any atom is -0.361 e. The van der Waals surface area contributed by atoms with Gasteiger partial charge in [0.2, 0.25) is 0 Å². The molecular formula is C14H21N3O2. The van der Waals surface area contributed by atoms with E-state index in [4.69, 9.17) is 4.52 Å². The van der Waals surface area contributed by atoms with Gasteiger partial charge in [0.1, 0.15) is 11.3 Å². The molecule has 1 amide bonds. The molecule has 0 aromatic carbocycles. The minimum absolute atomic E-state index is 0.117. The summed E-state index contributed by atoms with van der Waals surface area (Å²) in [5.74, 6) is 0.769. The summed E-state index contributed by atoms with van der Waals surface area (Å²) < 4.78 is 5.21. The average molecular weight is 263 g/mol. The van der Waals surface area contributed by atoms with E-state index in [9.17, 15) is 4.79 Å². The van der Waals surface area contributed by atoms with Gasteiger partial charge in [0, 0.05) is 18.6 Å². The summed E-state index contributed by atoms with van der Waals surface area (Å²) in [5.41, 5.74) is 1.49.